The summed E-state index contributed by atoms with van der Waals surface area (Å²) in [6.07, 6.45) is 3.25. The van der Waals surface area contributed by atoms with Crippen molar-refractivity contribution in [3.8, 4) is 0 Å². The van der Waals surface area contributed by atoms with Gasteiger partial charge in [0.05, 0.1) is 11.6 Å². The van der Waals surface area contributed by atoms with Gasteiger partial charge in [-0.25, -0.2) is 0 Å². The number of ketones is 1. The smallest absolute Gasteiger partial charge is 0.300 e. The summed E-state index contributed by atoms with van der Waals surface area (Å²) in [5.41, 5.74) is 2.73. The number of pyridine rings is 1. The van der Waals surface area contributed by atoms with Crippen molar-refractivity contribution in [2.75, 3.05) is 23.9 Å². The minimum absolute atomic E-state index is 0.0473. The van der Waals surface area contributed by atoms with E-state index < -0.39 is 17.7 Å². The molecule has 1 fully saturated rings. The molecule has 168 valence electrons. The van der Waals surface area contributed by atoms with E-state index in [9.17, 15) is 14.7 Å². The Balaban J connectivity index is 1.73. The van der Waals surface area contributed by atoms with E-state index in [2.05, 4.69) is 4.98 Å². The molecule has 3 aromatic carbocycles. The molecule has 1 aliphatic heterocycles. The third kappa shape index (κ3) is 3.49. The third-order valence-corrected chi connectivity index (χ3v) is 6.13. The molecule has 0 bridgehead atoms. The quantitative estimate of drug-likeness (QED) is 0.272. The van der Waals surface area contributed by atoms with Crippen LogP contribution in [-0.2, 0) is 9.59 Å². The molecule has 1 amide bonds. The average Bonchev–Trinajstić information content (AvgIpc) is 3.14. The van der Waals surface area contributed by atoms with Crippen molar-refractivity contribution in [2.24, 2.45) is 0 Å². The Hall–Kier alpha value is -4.45. The first kappa shape index (κ1) is 21.4. The van der Waals surface area contributed by atoms with E-state index in [0.29, 0.717) is 16.8 Å². The molecule has 1 N–H and O–H groups in total. The SMILES string of the molecule is CN(C)c1ccc(N2C(=O)C(=O)/C(=C(\O)c3cccc4ccccc34)C2c2cccnc2)cc1. The molecule has 6 nitrogen and oxygen atoms in total. The number of aliphatic hydroxyl groups excluding tert-OH is 1. The molecule has 1 aromatic heterocycles. The van der Waals surface area contributed by atoms with Gasteiger partial charge < -0.3 is 10.0 Å². The number of anilines is 2. The van der Waals surface area contributed by atoms with Crippen LogP contribution in [0.4, 0.5) is 11.4 Å². The van der Waals surface area contributed by atoms with Crippen LogP contribution in [0.3, 0.4) is 0 Å². The van der Waals surface area contributed by atoms with Crippen molar-refractivity contribution in [1.82, 2.24) is 4.98 Å². The average molecular weight is 450 g/mol. The molecule has 1 unspecified atom stereocenters. The van der Waals surface area contributed by atoms with E-state index in [4.69, 9.17) is 0 Å². The number of benzene rings is 3. The molecule has 1 saturated heterocycles. The Kier molecular flexibility index (Phi) is 5.34. The molecule has 1 atom stereocenters. The van der Waals surface area contributed by atoms with Gasteiger partial charge in [0.15, 0.2) is 0 Å². The Morgan fingerprint density at radius 2 is 1.65 bits per heavy atom. The van der Waals surface area contributed by atoms with Crippen LogP contribution in [0, 0.1) is 0 Å². The lowest BCUT2D eigenvalue weighted by Gasteiger charge is -2.26. The topological polar surface area (TPSA) is 73.7 Å². The first-order chi connectivity index (χ1) is 16.5. The molecule has 34 heavy (non-hydrogen) atoms. The lowest BCUT2D eigenvalue weighted by Crippen LogP contribution is -2.29. The highest BCUT2D eigenvalue weighted by Crippen LogP contribution is 2.43. The molecule has 0 aliphatic carbocycles. The molecule has 6 heteroatoms. The fourth-order valence-corrected chi connectivity index (χ4v) is 4.44. The van der Waals surface area contributed by atoms with Crippen LogP contribution in [-0.4, -0.2) is 35.9 Å². The third-order valence-electron chi connectivity index (χ3n) is 6.13. The Labute approximate surface area is 197 Å². The summed E-state index contributed by atoms with van der Waals surface area (Å²) in [5.74, 6) is -1.61. The largest absolute Gasteiger partial charge is 0.507 e. The lowest BCUT2D eigenvalue weighted by atomic mass is 9.94. The van der Waals surface area contributed by atoms with Gasteiger partial charge in [0.1, 0.15) is 5.76 Å². The second-order valence-electron chi connectivity index (χ2n) is 8.39. The minimum Gasteiger partial charge on any atom is -0.507 e. The van der Waals surface area contributed by atoms with E-state index >= 15 is 0 Å². The zero-order valence-electron chi connectivity index (χ0n) is 18.8. The number of carbonyl (C=O) groups excluding carboxylic acids is 2. The number of Topliss-reactive ketones (excluding diaryl/α,β-unsaturated/α-hetero) is 1. The fourth-order valence-electron chi connectivity index (χ4n) is 4.44. The van der Waals surface area contributed by atoms with Gasteiger partial charge in [-0.05, 0) is 46.7 Å². The van der Waals surface area contributed by atoms with Crippen LogP contribution in [0.15, 0.2) is 96.8 Å². The number of carbonyl (C=O) groups is 2. The van der Waals surface area contributed by atoms with Crippen LogP contribution in [0.5, 0.6) is 0 Å². The Morgan fingerprint density at radius 1 is 0.912 bits per heavy atom. The summed E-state index contributed by atoms with van der Waals surface area (Å²) in [5, 5.41) is 13.2. The summed E-state index contributed by atoms with van der Waals surface area (Å²) in [7, 11) is 3.86. The van der Waals surface area contributed by atoms with Gasteiger partial charge in [0, 0.05) is 43.4 Å². The number of rotatable bonds is 4. The number of aromatic nitrogens is 1. The number of hydrogen-bond acceptors (Lipinski definition) is 5. The van der Waals surface area contributed by atoms with E-state index in [-0.39, 0.29) is 11.3 Å². The highest BCUT2D eigenvalue weighted by molar-refractivity contribution is 6.51. The fraction of sp³-hybridized carbons (Fsp3) is 0.107. The van der Waals surface area contributed by atoms with Crippen molar-refractivity contribution in [3.05, 3.63) is 108 Å². The lowest BCUT2D eigenvalue weighted by molar-refractivity contribution is -0.132. The normalized spacial score (nSPS) is 17.4. The van der Waals surface area contributed by atoms with Gasteiger partial charge in [-0.2, -0.15) is 0 Å². The van der Waals surface area contributed by atoms with E-state index in [1.807, 2.05) is 79.7 Å². The summed E-state index contributed by atoms with van der Waals surface area (Å²) in [6.45, 7) is 0. The highest BCUT2D eigenvalue weighted by atomic mass is 16.3. The predicted molar refractivity (Wildman–Crippen MR) is 134 cm³/mol. The highest BCUT2D eigenvalue weighted by Gasteiger charge is 2.47. The Morgan fingerprint density at radius 3 is 2.35 bits per heavy atom. The molecule has 2 heterocycles. The summed E-state index contributed by atoms with van der Waals surface area (Å²) < 4.78 is 0. The molecule has 1 aliphatic rings. The maximum atomic E-state index is 13.4. The van der Waals surface area contributed by atoms with Crippen molar-refractivity contribution < 1.29 is 14.7 Å². The molecular formula is C28H23N3O3. The number of amides is 1. The molecule has 0 saturated carbocycles. The molecule has 0 spiro atoms. The Bertz CT molecular complexity index is 1420. The number of hydrogen-bond donors (Lipinski definition) is 1. The zero-order valence-corrected chi connectivity index (χ0v) is 18.8. The summed E-state index contributed by atoms with van der Waals surface area (Å²) in [4.78, 5) is 34.3. The monoisotopic (exact) mass is 449 g/mol. The van der Waals surface area contributed by atoms with Crippen LogP contribution in [0.25, 0.3) is 16.5 Å². The second kappa shape index (κ2) is 8.48. The first-order valence-electron chi connectivity index (χ1n) is 10.9. The number of nitrogens with zero attached hydrogens (tertiary/aromatic N) is 3. The standard InChI is InChI=1S/C28H23N3O3/c1-30(2)20-12-14-21(15-13-20)31-25(19-9-6-16-29-17-19)24(27(33)28(31)34)26(32)23-11-5-8-18-7-3-4-10-22(18)23/h3-17,25,32H,1-2H3/b26-24-. The van der Waals surface area contributed by atoms with Gasteiger partial charge in [0.2, 0.25) is 0 Å². The van der Waals surface area contributed by atoms with Gasteiger partial charge in [-0.15, -0.1) is 0 Å². The van der Waals surface area contributed by atoms with E-state index in [1.54, 1.807) is 30.6 Å². The maximum absolute atomic E-state index is 13.4. The van der Waals surface area contributed by atoms with Crippen LogP contribution < -0.4 is 9.80 Å². The number of aliphatic hydroxyl groups is 1. The van der Waals surface area contributed by atoms with E-state index in [1.165, 1.54) is 4.90 Å². The van der Waals surface area contributed by atoms with Crippen molar-refractivity contribution >= 4 is 39.6 Å². The second-order valence-corrected chi connectivity index (χ2v) is 8.39. The maximum Gasteiger partial charge on any atom is 0.300 e. The van der Waals surface area contributed by atoms with Crippen LogP contribution in [0.1, 0.15) is 17.2 Å². The first-order valence-corrected chi connectivity index (χ1v) is 10.9. The number of fused-ring (bicyclic) bond motifs is 1. The van der Waals surface area contributed by atoms with Crippen molar-refractivity contribution in [1.29, 1.82) is 0 Å². The van der Waals surface area contributed by atoms with Crippen molar-refractivity contribution in [2.45, 2.75) is 6.04 Å². The van der Waals surface area contributed by atoms with Gasteiger partial charge >= 0.3 is 0 Å². The zero-order chi connectivity index (χ0) is 23.8. The van der Waals surface area contributed by atoms with Gasteiger partial charge in [0.25, 0.3) is 11.7 Å². The van der Waals surface area contributed by atoms with Gasteiger partial charge in [-0.1, -0.05) is 48.5 Å². The van der Waals surface area contributed by atoms with E-state index in [0.717, 1.165) is 16.5 Å². The van der Waals surface area contributed by atoms with Crippen LogP contribution >= 0.6 is 0 Å². The summed E-state index contributed by atoms with van der Waals surface area (Å²) >= 11 is 0. The van der Waals surface area contributed by atoms with Crippen LogP contribution in [0.2, 0.25) is 0 Å². The molecule has 4 aromatic rings. The summed E-state index contributed by atoms with van der Waals surface area (Å²) in [6, 6.07) is 23.3. The van der Waals surface area contributed by atoms with Crippen molar-refractivity contribution in [3.63, 3.8) is 0 Å². The van der Waals surface area contributed by atoms with Gasteiger partial charge in [-0.3, -0.25) is 19.5 Å². The molecule has 5 rings (SSSR count). The predicted octanol–water partition coefficient (Wildman–Crippen LogP) is 4.93. The molecule has 0 radical (unpaired) electrons. The minimum atomic E-state index is -0.808. The molecular weight excluding hydrogens is 426 g/mol.